The van der Waals surface area contributed by atoms with E-state index in [2.05, 4.69) is 32.7 Å². The molecule has 5 heteroatoms. The van der Waals surface area contributed by atoms with Crippen LogP contribution in [0.15, 0.2) is 5.38 Å². The molecular weight excluding hydrogens is 296 g/mol. The molecule has 2 rings (SSSR count). The van der Waals surface area contributed by atoms with Crippen LogP contribution in [0.4, 0.5) is 0 Å². The first-order valence-corrected chi connectivity index (χ1v) is 9.05. The van der Waals surface area contributed by atoms with E-state index in [1.165, 1.54) is 0 Å². The Labute approximate surface area is 137 Å². The Balaban J connectivity index is 2.09. The first-order valence-electron chi connectivity index (χ1n) is 8.17. The van der Waals surface area contributed by atoms with Crippen molar-refractivity contribution in [3.05, 3.63) is 16.1 Å². The summed E-state index contributed by atoms with van der Waals surface area (Å²) in [7, 11) is 0. The summed E-state index contributed by atoms with van der Waals surface area (Å²) in [5.74, 6) is 1.00. The number of likely N-dealkylation sites (tertiary alicyclic amines) is 1. The number of aromatic nitrogens is 1. The molecule has 1 aliphatic heterocycles. The molecule has 2 heterocycles. The molecule has 124 valence electrons. The third kappa shape index (κ3) is 3.87. The summed E-state index contributed by atoms with van der Waals surface area (Å²) < 4.78 is 0. The van der Waals surface area contributed by atoms with Gasteiger partial charge in [0, 0.05) is 30.3 Å². The van der Waals surface area contributed by atoms with E-state index >= 15 is 0 Å². The molecule has 1 N–H and O–H groups in total. The molecule has 1 aliphatic rings. The van der Waals surface area contributed by atoms with E-state index in [0.717, 1.165) is 11.4 Å². The van der Waals surface area contributed by atoms with Crippen molar-refractivity contribution in [2.24, 2.45) is 11.8 Å². The third-order valence-electron chi connectivity index (χ3n) is 4.49. The standard InChI is InChI=1S/C17H28N2O2S/c1-11(2)8-13-9-19(7-6-17(13,5)21)16(20)14-10-22-15(18-14)12(3)4/h10-13,21H,6-9H2,1-5H3/t13-,17+/m1/s1. The smallest absolute Gasteiger partial charge is 0.273 e. The van der Waals surface area contributed by atoms with Crippen molar-refractivity contribution >= 4 is 17.2 Å². The van der Waals surface area contributed by atoms with Crippen LogP contribution in [-0.4, -0.2) is 39.6 Å². The van der Waals surface area contributed by atoms with E-state index < -0.39 is 5.60 Å². The Kier molecular flexibility index (Phi) is 5.28. The minimum Gasteiger partial charge on any atom is -0.390 e. The summed E-state index contributed by atoms with van der Waals surface area (Å²) in [5, 5.41) is 13.4. The summed E-state index contributed by atoms with van der Waals surface area (Å²) in [4.78, 5) is 19.0. The summed E-state index contributed by atoms with van der Waals surface area (Å²) in [6.45, 7) is 11.6. The van der Waals surface area contributed by atoms with Crippen molar-refractivity contribution in [2.45, 2.75) is 59.0 Å². The molecule has 0 bridgehead atoms. The van der Waals surface area contributed by atoms with E-state index in [-0.39, 0.29) is 11.8 Å². The van der Waals surface area contributed by atoms with Crippen LogP contribution in [0.2, 0.25) is 0 Å². The fourth-order valence-corrected chi connectivity index (χ4v) is 3.82. The van der Waals surface area contributed by atoms with Crippen LogP contribution in [0.1, 0.15) is 68.9 Å². The molecule has 0 aromatic carbocycles. The number of carbonyl (C=O) groups excluding carboxylic acids is 1. The monoisotopic (exact) mass is 324 g/mol. The van der Waals surface area contributed by atoms with Crippen molar-refractivity contribution < 1.29 is 9.90 Å². The van der Waals surface area contributed by atoms with E-state index in [4.69, 9.17) is 0 Å². The summed E-state index contributed by atoms with van der Waals surface area (Å²) >= 11 is 1.55. The summed E-state index contributed by atoms with van der Waals surface area (Å²) in [6, 6.07) is 0. The summed E-state index contributed by atoms with van der Waals surface area (Å²) in [5.41, 5.74) is -0.120. The second kappa shape index (κ2) is 6.67. The van der Waals surface area contributed by atoms with Gasteiger partial charge in [-0.3, -0.25) is 4.79 Å². The minimum atomic E-state index is -0.674. The van der Waals surface area contributed by atoms with Crippen LogP contribution in [0, 0.1) is 11.8 Å². The second-order valence-electron chi connectivity index (χ2n) is 7.41. The average molecular weight is 324 g/mol. The Morgan fingerprint density at radius 2 is 2.18 bits per heavy atom. The zero-order valence-corrected chi connectivity index (χ0v) is 15.1. The Morgan fingerprint density at radius 3 is 2.73 bits per heavy atom. The molecule has 0 radical (unpaired) electrons. The number of hydrogen-bond acceptors (Lipinski definition) is 4. The molecule has 1 aromatic rings. The predicted octanol–water partition coefficient (Wildman–Crippen LogP) is 3.53. The first-order chi connectivity index (χ1) is 10.2. The molecule has 0 unspecified atom stereocenters. The lowest BCUT2D eigenvalue weighted by atomic mass is 9.78. The van der Waals surface area contributed by atoms with Crippen LogP contribution in [-0.2, 0) is 0 Å². The van der Waals surface area contributed by atoms with Gasteiger partial charge in [-0.1, -0.05) is 27.7 Å². The van der Waals surface area contributed by atoms with Crippen LogP contribution in [0.5, 0.6) is 0 Å². The zero-order valence-electron chi connectivity index (χ0n) is 14.3. The zero-order chi connectivity index (χ0) is 16.5. The predicted molar refractivity (Wildman–Crippen MR) is 90.3 cm³/mol. The molecule has 4 nitrogen and oxygen atoms in total. The van der Waals surface area contributed by atoms with Crippen molar-refractivity contribution in [3.63, 3.8) is 0 Å². The molecule has 1 fully saturated rings. The van der Waals surface area contributed by atoms with Gasteiger partial charge in [-0.25, -0.2) is 4.98 Å². The van der Waals surface area contributed by atoms with Gasteiger partial charge in [-0.05, 0) is 25.7 Å². The second-order valence-corrected chi connectivity index (χ2v) is 8.30. The van der Waals surface area contributed by atoms with Gasteiger partial charge in [-0.15, -0.1) is 11.3 Å². The number of nitrogens with zero attached hydrogens (tertiary/aromatic N) is 2. The highest BCUT2D eigenvalue weighted by molar-refractivity contribution is 7.09. The maximum absolute atomic E-state index is 12.7. The van der Waals surface area contributed by atoms with E-state index in [1.54, 1.807) is 11.3 Å². The maximum atomic E-state index is 12.7. The highest BCUT2D eigenvalue weighted by Crippen LogP contribution is 2.33. The molecular formula is C17H28N2O2S. The number of aliphatic hydroxyl groups is 1. The molecule has 2 atom stereocenters. The van der Waals surface area contributed by atoms with Crippen LogP contribution < -0.4 is 0 Å². The van der Waals surface area contributed by atoms with Crippen molar-refractivity contribution in [2.75, 3.05) is 13.1 Å². The van der Waals surface area contributed by atoms with Gasteiger partial charge in [0.2, 0.25) is 0 Å². The third-order valence-corrected chi connectivity index (χ3v) is 5.63. The van der Waals surface area contributed by atoms with Gasteiger partial charge in [0.15, 0.2) is 0 Å². The quantitative estimate of drug-likeness (QED) is 0.922. The van der Waals surface area contributed by atoms with Crippen LogP contribution >= 0.6 is 11.3 Å². The lowest BCUT2D eigenvalue weighted by Crippen LogP contribution is -2.52. The Hall–Kier alpha value is -0.940. The van der Waals surface area contributed by atoms with Crippen LogP contribution in [0.3, 0.4) is 0 Å². The normalized spacial score (nSPS) is 26.0. The lowest BCUT2D eigenvalue weighted by Gasteiger charge is -2.43. The molecule has 0 saturated carbocycles. The molecule has 22 heavy (non-hydrogen) atoms. The SMILES string of the molecule is CC(C)C[C@@H]1CN(C(=O)c2csc(C(C)C)n2)CC[C@]1(C)O. The van der Waals surface area contributed by atoms with Gasteiger partial charge in [0.05, 0.1) is 10.6 Å². The van der Waals surface area contributed by atoms with Crippen molar-refractivity contribution in [1.29, 1.82) is 0 Å². The highest BCUT2D eigenvalue weighted by atomic mass is 32.1. The Bertz CT molecular complexity index is 522. The largest absolute Gasteiger partial charge is 0.390 e. The highest BCUT2D eigenvalue weighted by Gasteiger charge is 2.39. The fourth-order valence-electron chi connectivity index (χ4n) is 3.01. The van der Waals surface area contributed by atoms with E-state index in [1.807, 2.05) is 17.2 Å². The number of piperidine rings is 1. The number of amides is 1. The number of hydrogen-bond donors (Lipinski definition) is 1. The molecule has 1 saturated heterocycles. The average Bonchev–Trinajstić information content (AvgIpc) is 2.89. The topological polar surface area (TPSA) is 53.4 Å². The molecule has 1 amide bonds. The number of thiazole rings is 1. The van der Waals surface area contributed by atoms with Gasteiger partial charge in [0.25, 0.3) is 5.91 Å². The van der Waals surface area contributed by atoms with Gasteiger partial charge in [0.1, 0.15) is 5.69 Å². The van der Waals surface area contributed by atoms with Crippen molar-refractivity contribution in [3.8, 4) is 0 Å². The van der Waals surface area contributed by atoms with E-state index in [9.17, 15) is 9.90 Å². The lowest BCUT2D eigenvalue weighted by molar-refractivity contribution is -0.0578. The molecule has 0 aliphatic carbocycles. The van der Waals surface area contributed by atoms with Gasteiger partial charge < -0.3 is 10.0 Å². The fraction of sp³-hybridized carbons (Fsp3) is 0.765. The molecule has 1 aromatic heterocycles. The first kappa shape index (κ1) is 17.4. The van der Waals surface area contributed by atoms with Gasteiger partial charge >= 0.3 is 0 Å². The summed E-state index contributed by atoms with van der Waals surface area (Å²) in [6.07, 6.45) is 1.57. The van der Waals surface area contributed by atoms with Crippen LogP contribution in [0.25, 0.3) is 0 Å². The minimum absolute atomic E-state index is 0.00686. The van der Waals surface area contributed by atoms with Gasteiger partial charge in [-0.2, -0.15) is 0 Å². The number of carbonyl (C=O) groups is 1. The molecule has 0 spiro atoms. The van der Waals surface area contributed by atoms with Crippen molar-refractivity contribution in [1.82, 2.24) is 9.88 Å². The number of rotatable bonds is 4. The Morgan fingerprint density at radius 1 is 1.50 bits per heavy atom. The van der Waals surface area contributed by atoms with E-state index in [0.29, 0.717) is 37.0 Å². The maximum Gasteiger partial charge on any atom is 0.273 e.